The van der Waals surface area contributed by atoms with Gasteiger partial charge in [-0.25, -0.2) is 4.98 Å². The van der Waals surface area contributed by atoms with E-state index in [1.807, 2.05) is 30.3 Å². The maximum absolute atomic E-state index is 12.8. The number of alkyl halides is 1. The summed E-state index contributed by atoms with van der Waals surface area (Å²) in [6, 6.07) is 18.0. The molecule has 1 fully saturated rings. The Morgan fingerprint density at radius 1 is 1.03 bits per heavy atom. The lowest BCUT2D eigenvalue weighted by molar-refractivity contribution is 0.0727. The molecule has 2 aromatic carbocycles. The van der Waals surface area contributed by atoms with Gasteiger partial charge in [-0.05, 0) is 83.0 Å². The fourth-order valence-electron chi connectivity index (χ4n) is 5.48. The third kappa shape index (κ3) is 4.24. The number of aromatic nitrogens is 2. The van der Waals surface area contributed by atoms with Crippen molar-refractivity contribution in [3.63, 3.8) is 0 Å². The highest BCUT2D eigenvalue weighted by Gasteiger charge is 2.27. The third-order valence-electron chi connectivity index (χ3n) is 7.17. The monoisotopic (exact) mass is 487 g/mol. The zero-order chi connectivity index (χ0) is 23.9. The maximum Gasteiger partial charge on any atom is 0.137 e. The highest BCUT2D eigenvalue weighted by Crippen LogP contribution is 2.42. The third-order valence-corrected chi connectivity index (χ3v) is 7.50. The number of aryl methyl sites for hydroxylation is 1. The van der Waals surface area contributed by atoms with Crippen molar-refractivity contribution < 1.29 is 9.50 Å². The molecule has 0 atom stereocenters. The largest absolute Gasteiger partial charge is 0.508 e. The topological polar surface area (TPSA) is 40.8 Å². The molecule has 4 nitrogen and oxygen atoms in total. The number of imidazole rings is 1. The zero-order valence-electron chi connectivity index (χ0n) is 19.4. The quantitative estimate of drug-likeness (QED) is 0.354. The van der Waals surface area contributed by atoms with E-state index in [2.05, 4.69) is 39.9 Å². The molecule has 1 aliphatic carbocycles. The van der Waals surface area contributed by atoms with Crippen LogP contribution in [0.3, 0.4) is 0 Å². The minimum Gasteiger partial charge on any atom is -0.508 e. The Morgan fingerprint density at radius 3 is 2.71 bits per heavy atom. The van der Waals surface area contributed by atoms with Crippen molar-refractivity contribution in [3.8, 4) is 5.75 Å². The Morgan fingerprint density at radius 2 is 1.89 bits per heavy atom. The van der Waals surface area contributed by atoms with Crippen molar-refractivity contribution in [3.05, 3.63) is 100.0 Å². The number of hydrogen-bond acceptors (Lipinski definition) is 3. The molecule has 35 heavy (non-hydrogen) atoms. The number of aromatic hydroxyl groups is 1. The van der Waals surface area contributed by atoms with E-state index < -0.39 is 0 Å². The van der Waals surface area contributed by atoms with Crippen LogP contribution in [-0.4, -0.2) is 39.2 Å². The minimum absolute atomic E-state index is 0.170. The summed E-state index contributed by atoms with van der Waals surface area (Å²) in [6.07, 6.45) is 6.89. The molecular weight excluding hydrogens is 461 g/mol. The van der Waals surface area contributed by atoms with E-state index in [4.69, 9.17) is 16.6 Å². The molecule has 1 N–H and O–H groups in total. The van der Waals surface area contributed by atoms with Crippen LogP contribution >= 0.6 is 11.6 Å². The molecule has 0 saturated carbocycles. The summed E-state index contributed by atoms with van der Waals surface area (Å²) in [5.41, 5.74) is 8.64. The van der Waals surface area contributed by atoms with Gasteiger partial charge in [-0.1, -0.05) is 35.9 Å². The SMILES string of the molecule is Oc1ccc2c(c1)CCCC(c1ccccc1Cl)=C2c1ccn2cc(CN3CC(CF)C3)nc2c1. The highest BCUT2D eigenvalue weighted by atomic mass is 35.5. The predicted molar refractivity (Wildman–Crippen MR) is 138 cm³/mol. The Hall–Kier alpha value is -3.15. The smallest absolute Gasteiger partial charge is 0.137 e. The van der Waals surface area contributed by atoms with E-state index in [-0.39, 0.29) is 12.6 Å². The van der Waals surface area contributed by atoms with E-state index in [9.17, 15) is 9.50 Å². The van der Waals surface area contributed by atoms with Gasteiger partial charge in [-0.15, -0.1) is 0 Å². The maximum atomic E-state index is 12.8. The first-order valence-corrected chi connectivity index (χ1v) is 12.5. The Kier molecular flexibility index (Phi) is 5.83. The number of phenolic OH excluding ortho intramolecular Hbond substituents is 1. The average Bonchev–Trinajstić information content (AvgIpc) is 3.14. The number of rotatable bonds is 5. The van der Waals surface area contributed by atoms with E-state index >= 15 is 0 Å². The number of halogens is 2. The van der Waals surface area contributed by atoms with Gasteiger partial charge in [-0.3, -0.25) is 9.29 Å². The summed E-state index contributed by atoms with van der Waals surface area (Å²) in [7, 11) is 0. The van der Waals surface area contributed by atoms with Gasteiger partial charge < -0.3 is 9.51 Å². The van der Waals surface area contributed by atoms with Crippen LogP contribution in [0.2, 0.25) is 5.02 Å². The lowest BCUT2D eigenvalue weighted by atomic mass is 9.88. The van der Waals surface area contributed by atoms with Gasteiger partial charge in [0.2, 0.25) is 0 Å². The molecular formula is C29H27ClFN3O. The fourth-order valence-corrected chi connectivity index (χ4v) is 5.73. The molecule has 0 unspecified atom stereocenters. The second kappa shape index (κ2) is 9.14. The number of pyridine rings is 1. The summed E-state index contributed by atoms with van der Waals surface area (Å²) in [6.45, 7) is 2.09. The summed E-state index contributed by atoms with van der Waals surface area (Å²) in [5.74, 6) is 0.460. The van der Waals surface area contributed by atoms with Crippen LogP contribution in [0.1, 0.15) is 40.8 Å². The van der Waals surface area contributed by atoms with Crippen LogP contribution in [0.25, 0.3) is 16.8 Å². The molecule has 1 saturated heterocycles. The van der Waals surface area contributed by atoms with Crippen molar-refractivity contribution >= 4 is 28.4 Å². The minimum atomic E-state index is -0.243. The first-order valence-electron chi connectivity index (χ1n) is 12.2. The zero-order valence-corrected chi connectivity index (χ0v) is 20.2. The van der Waals surface area contributed by atoms with Gasteiger partial charge in [0.25, 0.3) is 0 Å². The van der Waals surface area contributed by atoms with E-state index in [0.29, 0.717) is 5.75 Å². The van der Waals surface area contributed by atoms with Crippen molar-refractivity contribution in [2.75, 3.05) is 19.8 Å². The number of phenols is 1. The molecule has 2 aliphatic rings. The summed E-state index contributed by atoms with van der Waals surface area (Å²) in [4.78, 5) is 7.12. The molecule has 6 rings (SSSR count). The molecule has 0 radical (unpaired) electrons. The van der Waals surface area contributed by atoms with Crippen LogP contribution in [0.5, 0.6) is 5.75 Å². The van der Waals surface area contributed by atoms with Gasteiger partial charge in [0.1, 0.15) is 11.4 Å². The van der Waals surface area contributed by atoms with Gasteiger partial charge in [0.15, 0.2) is 0 Å². The normalized spacial score (nSPS) is 16.9. The Balaban J connectivity index is 1.46. The highest BCUT2D eigenvalue weighted by molar-refractivity contribution is 6.32. The summed E-state index contributed by atoms with van der Waals surface area (Å²) >= 11 is 6.68. The van der Waals surface area contributed by atoms with E-state index in [1.165, 1.54) is 5.57 Å². The average molecular weight is 488 g/mol. The van der Waals surface area contributed by atoms with Crippen molar-refractivity contribution in [2.24, 2.45) is 5.92 Å². The molecule has 6 heteroatoms. The van der Waals surface area contributed by atoms with Gasteiger partial charge >= 0.3 is 0 Å². The number of benzene rings is 2. The summed E-state index contributed by atoms with van der Waals surface area (Å²) < 4.78 is 14.9. The van der Waals surface area contributed by atoms with Crippen LogP contribution in [-0.2, 0) is 13.0 Å². The molecule has 0 amide bonds. The standard InChI is InChI=1S/C29H27ClFN3O/c30-27-7-2-1-5-25(27)26-6-3-4-20-12-23(35)8-9-24(20)29(26)21-10-11-34-18-22(32-28(34)13-21)17-33-15-19(14-31)16-33/h1-2,5,7-13,18-19,35H,3-4,6,14-17H2. The Bertz CT molecular complexity index is 1440. The van der Waals surface area contributed by atoms with Gasteiger partial charge in [-0.2, -0.15) is 0 Å². The first-order chi connectivity index (χ1) is 17.1. The number of allylic oxidation sites excluding steroid dienone is 1. The van der Waals surface area contributed by atoms with Crippen LogP contribution in [0, 0.1) is 5.92 Å². The van der Waals surface area contributed by atoms with E-state index in [0.717, 1.165) is 83.1 Å². The Labute approximate surface area is 209 Å². The molecule has 1 aliphatic heterocycles. The molecule has 0 bridgehead atoms. The second-order valence-corrected chi connectivity index (χ2v) is 10.1. The fraction of sp³-hybridized carbons (Fsp3) is 0.276. The number of likely N-dealkylation sites (tertiary alicyclic amines) is 1. The van der Waals surface area contributed by atoms with Crippen molar-refractivity contribution in [1.82, 2.24) is 14.3 Å². The van der Waals surface area contributed by atoms with Crippen molar-refractivity contribution in [1.29, 1.82) is 0 Å². The number of hydrogen-bond donors (Lipinski definition) is 1. The van der Waals surface area contributed by atoms with E-state index in [1.54, 1.807) is 6.07 Å². The lowest BCUT2D eigenvalue weighted by Crippen LogP contribution is -2.46. The van der Waals surface area contributed by atoms with Crippen LogP contribution in [0.4, 0.5) is 4.39 Å². The van der Waals surface area contributed by atoms with Crippen LogP contribution in [0.15, 0.2) is 67.0 Å². The van der Waals surface area contributed by atoms with Gasteiger partial charge in [0, 0.05) is 43.0 Å². The molecule has 178 valence electrons. The predicted octanol–water partition coefficient (Wildman–Crippen LogP) is 6.39. The first kappa shape index (κ1) is 22.3. The summed E-state index contributed by atoms with van der Waals surface area (Å²) in [5, 5.41) is 10.9. The number of fused-ring (bicyclic) bond motifs is 2. The van der Waals surface area contributed by atoms with Crippen LogP contribution < -0.4 is 0 Å². The lowest BCUT2D eigenvalue weighted by Gasteiger charge is -2.37. The molecule has 0 spiro atoms. The van der Waals surface area contributed by atoms with Crippen molar-refractivity contribution in [2.45, 2.75) is 25.8 Å². The van der Waals surface area contributed by atoms with Gasteiger partial charge in [0.05, 0.1) is 12.4 Å². The number of nitrogens with zero attached hydrogens (tertiary/aromatic N) is 3. The molecule has 4 aromatic rings. The second-order valence-electron chi connectivity index (χ2n) is 9.66. The molecule has 3 heterocycles. The molecule has 2 aromatic heterocycles.